The lowest BCUT2D eigenvalue weighted by atomic mass is 10.1. The molecule has 140 valence electrons. The van der Waals surface area contributed by atoms with E-state index in [2.05, 4.69) is 4.98 Å². The van der Waals surface area contributed by atoms with E-state index in [9.17, 15) is 18.0 Å². The Bertz CT molecular complexity index is 948. The number of benzene rings is 2. The molecule has 0 aliphatic heterocycles. The van der Waals surface area contributed by atoms with E-state index >= 15 is 0 Å². The van der Waals surface area contributed by atoms with E-state index in [0.29, 0.717) is 17.3 Å². The van der Waals surface area contributed by atoms with Crippen molar-refractivity contribution in [3.63, 3.8) is 0 Å². The molecule has 0 saturated carbocycles. The van der Waals surface area contributed by atoms with Gasteiger partial charge in [0.15, 0.2) is 0 Å². The molecule has 0 spiro atoms. The van der Waals surface area contributed by atoms with Gasteiger partial charge in [-0.3, -0.25) is 0 Å². The van der Waals surface area contributed by atoms with Crippen molar-refractivity contribution in [1.29, 1.82) is 0 Å². The van der Waals surface area contributed by atoms with Crippen LogP contribution in [0.2, 0.25) is 0 Å². The normalized spacial score (nSPS) is 11.4. The Morgan fingerprint density at radius 3 is 2.26 bits per heavy atom. The number of carboxylic acids is 1. The van der Waals surface area contributed by atoms with Gasteiger partial charge in [-0.05, 0) is 42.8 Å². The van der Waals surface area contributed by atoms with Crippen molar-refractivity contribution < 1.29 is 27.8 Å². The van der Waals surface area contributed by atoms with Crippen LogP contribution in [0.5, 0.6) is 10.9 Å². The van der Waals surface area contributed by atoms with E-state index in [1.807, 2.05) is 6.92 Å². The second-order valence-electron chi connectivity index (χ2n) is 5.61. The fourth-order valence-electron chi connectivity index (χ4n) is 2.42. The highest BCUT2D eigenvalue weighted by atomic mass is 32.1. The molecule has 0 amide bonds. The first kappa shape index (κ1) is 18.9. The van der Waals surface area contributed by atoms with Crippen molar-refractivity contribution >= 4 is 17.3 Å². The number of aryl methyl sites for hydroxylation is 1. The second kappa shape index (κ2) is 7.40. The molecular formula is C19H14F3NO3S. The van der Waals surface area contributed by atoms with Crippen molar-refractivity contribution in [2.75, 3.05) is 0 Å². The van der Waals surface area contributed by atoms with Crippen LogP contribution >= 0.6 is 11.3 Å². The molecule has 0 unspecified atom stereocenters. The Morgan fingerprint density at radius 1 is 1.11 bits per heavy atom. The molecule has 2 aromatic carbocycles. The second-order valence-corrected chi connectivity index (χ2v) is 6.66. The number of hydrogen-bond donors (Lipinski definition) is 1. The first-order valence-corrected chi connectivity index (χ1v) is 8.78. The zero-order valence-electron chi connectivity index (χ0n) is 14.1. The molecule has 0 radical (unpaired) electrons. The first-order valence-electron chi connectivity index (χ1n) is 7.96. The summed E-state index contributed by atoms with van der Waals surface area (Å²) in [4.78, 5) is 16.3. The molecule has 8 heteroatoms. The molecule has 0 atom stereocenters. The molecule has 3 aromatic rings. The summed E-state index contributed by atoms with van der Waals surface area (Å²) in [6, 6.07) is 10.7. The van der Waals surface area contributed by atoms with Crippen molar-refractivity contribution in [1.82, 2.24) is 4.98 Å². The van der Waals surface area contributed by atoms with Crippen molar-refractivity contribution in [3.8, 4) is 22.2 Å². The van der Waals surface area contributed by atoms with Gasteiger partial charge in [-0.15, -0.1) is 0 Å². The number of rotatable bonds is 5. The van der Waals surface area contributed by atoms with Crippen LogP contribution in [-0.2, 0) is 12.6 Å². The fraction of sp³-hybridized carbons (Fsp3) is 0.158. The summed E-state index contributed by atoms with van der Waals surface area (Å²) in [7, 11) is 0. The Hall–Kier alpha value is -2.87. The highest BCUT2D eigenvalue weighted by Crippen LogP contribution is 2.36. The summed E-state index contributed by atoms with van der Waals surface area (Å²) in [5.74, 6) is -0.756. The van der Waals surface area contributed by atoms with E-state index < -0.39 is 17.7 Å². The first-order chi connectivity index (χ1) is 12.8. The molecule has 0 aliphatic rings. The Labute approximate surface area is 156 Å². The summed E-state index contributed by atoms with van der Waals surface area (Å²) in [5, 5.41) is 9.29. The lowest BCUT2D eigenvalue weighted by Gasteiger charge is -2.07. The number of aromatic carboxylic acids is 1. The van der Waals surface area contributed by atoms with E-state index in [1.165, 1.54) is 35.6 Å². The summed E-state index contributed by atoms with van der Waals surface area (Å²) >= 11 is 1.30. The third-order valence-corrected chi connectivity index (χ3v) is 4.87. The maximum absolute atomic E-state index is 12.6. The third kappa shape index (κ3) is 4.28. The molecule has 3 rings (SSSR count). The topological polar surface area (TPSA) is 59.4 Å². The van der Waals surface area contributed by atoms with Crippen LogP contribution in [-0.4, -0.2) is 16.1 Å². The molecule has 0 saturated heterocycles. The van der Waals surface area contributed by atoms with Gasteiger partial charge < -0.3 is 9.84 Å². The Morgan fingerprint density at radius 2 is 1.74 bits per heavy atom. The number of ether oxygens (including phenoxy) is 1. The summed E-state index contributed by atoms with van der Waals surface area (Å²) in [6.45, 7) is 1.95. The Balaban J connectivity index is 1.85. The standard InChI is InChI=1S/C19H14F3NO3S/c1-2-15-16(11-3-5-12(6-4-11)17(24)25)23-18(27-15)26-14-9-7-13(8-10-14)19(20,21)22/h3-10H,2H2,1H3,(H,24,25). The Kier molecular flexibility index (Phi) is 5.18. The quantitative estimate of drug-likeness (QED) is 0.588. The van der Waals surface area contributed by atoms with Gasteiger partial charge in [0.05, 0.1) is 16.8 Å². The number of alkyl halides is 3. The maximum Gasteiger partial charge on any atom is 0.416 e. The molecule has 0 fully saturated rings. The van der Waals surface area contributed by atoms with Crippen LogP contribution in [0.1, 0.15) is 27.7 Å². The maximum atomic E-state index is 12.6. The third-order valence-electron chi connectivity index (χ3n) is 3.79. The minimum atomic E-state index is -4.40. The number of halogens is 3. The SMILES string of the molecule is CCc1sc(Oc2ccc(C(F)(F)F)cc2)nc1-c1ccc(C(=O)O)cc1. The van der Waals surface area contributed by atoms with Gasteiger partial charge in [0.2, 0.25) is 0 Å². The zero-order valence-corrected chi connectivity index (χ0v) is 14.9. The molecule has 0 aliphatic carbocycles. The van der Waals surface area contributed by atoms with Crippen LogP contribution in [0.3, 0.4) is 0 Å². The van der Waals surface area contributed by atoms with Gasteiger partial charge in [-0.25, -0.2) is 9.78 Å². The van der Waals surface area contributed by atoms with Crippen LogP contribution in [0.4, 0.5) is 13.2 Å². The van der Waals surface area contributed by atoms with Crippen LogP contribution < -0.4 is 4.74 Å². The molecule has 1 N–H and O–H groups in total. The average molecular weight is 393 g/mol. The number of aromatic nitrogens is 1. The van der Waals surface area contributed by atoms with Gasteiger partial charge in [0, 0.05) is 10.4 Å². The molecular weight excluding hydrogens is 379 g/mol. The van der Waals surface area contributed by atoms with E-state index in [4.69, 9.17) is 9.84 Å². The number of hydrogen-bond acceptors (Lipinski definition) is 4. The lowest BCUT2D eigenvalue weighted by molar-refractivity contribution is -0.137. The smallest absolute Gasteiger partial charge is 0.416 e. The van der Waals surface area contributed by atoms with Gasteiger partial charge >= 0.3 is 12.1 Å². The minimum absolute atomic E-state index is 0.174. The van der Waals surface area contributed by atoms with Crippen LogP contribution in [0.25, 0.3) is 11.3 Å². The van der Waals surface area contributed by atoms with Crippen LogP contribution in [0, 0.1) is 0 Å². The van der Waals surface area contributed by atoms with Crippen molar-refractivity contribution in [3.05, 3.63) is 64.5 Å². The molecule has 0 bridgehead atoms. The predicted octanol–water partition coefficient (Wildman–Crippen LogP) is 5.88. The fourth-order valence-corrected chi connectivity index (χ4v) is 3.31. The summed E-state index contributed by atoms with van der Waals surface area (Å²) in [5.41, 5.74) is 0.840. The van der Waals surface area contributed by atoms with Gasteiger partial charge in [-0.1, -0.05) is 30.4 Å². The van der Waals surface area contributed by atoms with Gasteiger partial charge in [0.1, 0.15) is 5.75 Å². The van der Waals surface area contributed by atoms with Crippen molar-refractivity contribution in [2.24, 2.45) is 0 Å². The minimum Gasteiger partial charge on any atom is -0.478 e. The van der Waals surface area contributed by atoms with Gasteiger partial charge in [-0.2, -0.15) is 13.2 Å². The largest absolute Gasteiger partial charge is 0.478 e. The molecule has 4 nitrogen and oxygen atoms in total. The molecule has 1 heterocycles. The van der Waals surface area contributed by atoms with E-state index in [-0.39, 0.29) is 11.3 Å². The van der Waals surface area contributed by atoms with E-state index in [0.717, 1.165) is 22.6 Å². The van der Waals surface area contributed by atoms with E-state index in [1.54, 1.807) is 12.1 Å². The monoisotopic (exact) mass is 393 g/mol. The van der Waals surface area contributed by atoms with Crippen LogP contribution in [0.15, 0.2) is 48.5 Å². The molecule has 27 heavy (non-hydrogen) atoms. The number of carbonyl (C=O) groups is 1. The van der Waals surface area contributed by atoms with Gasteiger partial charge in [0.25, 0.3) is 5.19 Å². The van der Waals surface area contributed by atoms with Crippen molar-refractivity contribution in [2.45, 2.75) is 19.5 Å². The highest BCUT2D eigenvalue weighted by molar-refractivity contribution is 7.13. The average Bonchev–Trinajstić information content (AvgIpc) is 3.04. The lowest BCUT2D eigenvalue weighted by Crippen LogP contribution is -2.03. The number of thiazole rings is 1. The number of nitrogens with zero attached hydrogens (tertiary/aromatic N) is 1. The number of carboxylic acid groups (broad SMARTS) is 1. The highest BCUT2D eigenvalue weighted by Gasteiger charge is 2.30. The zero-order chi connectivity index (χ0) is 19.6. The summed E-state index contributed by atoms with van der Waals surface area (Å²) in [6.07, 6.45) is -3.71. The predicted molar refractivity (Wildman–Crippen MR) is 95.4 cm³/mol. The summed E-state index contributed by atoms with van der Waals surface area (Å²) < 4.78 is 43.5. The molecule has 1 aromatic heterocycles.